The Balaban J connectivity index is 2.39. The number of halogens is 1. The van der Waals surface area contributed by atoms with Gasteiger partial charge in [-0.25, -0.2) is 0 Å². The molecule has 2 aromatic carbocycles. The highest BCUT2D eigenvalue weighted by Crippen LogP contribution is 2.39. The van der Waals surface area contributed by atoms with Crippen molar-refractivity contribution in [2.75, 3.05) is 6.54 Å². The molecule has 0 radical (unpaired) electrons. The largest absolute Gasteiger partial charge is 0.385 e. The van der Waals surface area contributed by atoms with Crippen molar-refractivity contribution >= 4 is 11.6 Å². The van der Waals surface area contributed by atoms with Gasteiger partial charge < -0.3 is 10.8 Å². The SMILES string of the molecule is CC(C)[C@H](Cc1ccccc1)[C@@](O)(CCN)c1ccc(Cl)cc1. The van der Waals surface area contributed by atoms with Crippen molar-refractivity contribution < 1.29 is 5.11 Å². The Morgan fingerprint density at radius 1 is 1.04 bits per heavy atom. The van der Waals surface area contributed by atoms with Crippen molar-refractivity contribution in [1.82, 2.24) is 0 Å². The fraction of sp³-hybridized carbons (Fsp3) is 0.400. The average Bonchev–Trinajstić information content (AvgIpc) is 2.54. The first-order valence-electron chi connectivity index (χ1n) is 8.19. The monoisotopic (exact) mass is 331 g/mol. The van der Waals surface area contributed by atoms with Crippen molar-refractivity contribution in [3.05, 3.63) is 70.7 Å². The molecule has 0 spiro atoms. The molecule has 0 aliphatic rings. The zero-order valence-electron chi connectivity index (χ0n) is 13.9. The van der Waals surface area contributed by atoms with E-state index in [1.807, 2.05) is 42.5 Å². The Hall–Kier alpha value is -1.35. The molecule has 0 aliphatic heterocycles. The molecule has 0 fully saturated rings. The highest BCUT2D eigenvalue weighted by Gasteiger charge is 2.39. The number of rotatable bonds is 7. The third-order valence-corrected chi connectivity index (χ3v) is 4.84. The molecular formula is C20H26ClNO. The molecule has 124 valence electrons. The van der Waals surface area contributed by atoms with Crippen LogP contribution in [0.4, 0.5) is 0 Å². The van der Waals surface area contributed by atoms with E-state index >= 15 is 0 Å². The van der Waals surface area contributed by atoms with Crippen molar-refractivity contribution in [3.63, 3.8) is 0 Å². The van der Waals surface area contributed by atoms with Crippen molar-refractivity contribution in [1.29, 1.82) is 0 Å². The zero-order valence-corrected chi connectivity index (χ0v) is 14.6. The lowest BCUT2D eigenvalue weighted by Gasteiger charge is -2.39. The molecule has 0 saturated heterocycles. The molecule has 0 heterocycles. The lowest BCUT2D eigenvalue weighted by molar-refractivity contribution is -0.0483. The number of aliphatic hydroxyl groups is 1. The van der Waals surface area contributed by atoms with E-state index < -0.39 is 5.60 Å². The first-order chi connectivity index (χ1) is 11.0. The average molecular weight is 332 g/mol. The summed E-state index contributed by atoms with van der Waals surface area (Å²) in [5, 5.41) is 12.2. The summed E-state index contributed by atoms with van der Waals surface area (Å²) in [7, 11) is 0. The van der Waals surface area contributed by atoms with Crippen LogP contribution >= 0.6 is 11.6 Å². The topological polar surface area (TPSA) is 46.2 Å². The molecule has 0 bridgehead atoms. The first kappa shape index (κ1) is 18.0. The smallest absolute Gasteiger partial charge is 0.0942 e. The Kier molecular flexibility index (Phi) is 6.23. The molecule has 3 heteroatoms. The van der Waals surface area contributed by atoms with Crippen LogP contribution in [0, 0.1) is 11.8 Å². The van der Waals surface area contributed by atoms with E-state index in [2.05, 4.69) is 26.0 Å². The van der Waals surface area contributed by atoms with Gasteiger partial charge in [-0.1, -0.05) is 67.9 Å². The predicted molar refractivity (Wildman–Crippen MR) is 97.5 cm³/mol. The summed E-state index contributed by atoms with van der Waals surface area (Å²) in [4.78, 5) is 0. The van der Waals surface area contributed by atoms with Gasteiger partial charge in [0, 0.05) is 5.02 Å². The quantitative estimate of drug-likeness (QED) is 0.790. The maximum absolute atomic E-state index is 11.5. The summed E-state index contributed by atoms with van der Waals surface area (Å²) in [6.45, 7) is 4.76. The minimum absolute atomic E-state index is 0.0784. The van der Waals surface area contributed by atoms with Crippen molar-refractivity contribution in [3.8, 4) is 0 Å². The summed E-state index contributed by atoms with van der Waals surface area (Å²) < 4.78 is 0. The molecule has 0 amide bonds. The van der Waals surface area contributed by atoms with Crippen LogP contribution in [0.25, 0.3) is 0 Å². The summed E-state index contributed by atoms with van der Waals surface area (Å²) >= 11 is 6.00. The van der Waals surface area contributed by atoms with E-state index in [9.17, 15) is 5.11 Å². The van der Waals surface area contributed by atoms with Crippen LogP contribution in [0.5, 0.6) is 0 Å². The van der Waals surface area contributed by atoms with E-state index in [-0.39, 0.29) is 5.92 Å². The first-order valence-corrected chi connectivity index (χ1v) is 8.57. The fourth-order valence-electron chi connectivity index (χ4n) is 3.33. The number of hydrogen-bond donors (Lipinski definition) is 2. The highest BCUT2D eigenvalue weighted by atomic mass is 35.5. The Bertz CT molecular complexity index is 597. The third kappa shape index (κ3) is 4.35. The lowest BCUT2D eigenvalue weighted by atomic mass is 9.71. The van der Waals surface area contributed by atoms with Crippen LogP contribution in [0.3, 0.4) is 0 Å². The van der Waals surface area contributed by atoms with Crippen LogP contribution in [0.2, 0.25) is 5.02 Å². The molecule has 2 nitrogen and oxygen atoms in total. The number of benzene rings is 2. The summed E-state index contributed by atoms with van der Waals surface area (Å²) in [5.74, 6) is 0.400. The Labute approximate surface area is 144 Å². The minimum Gasteiger partial charge on any atom is -0.385 e. The van der Waals surface area contributed by atoms with Gasteiger partial charge in [-0.2, -0.15) is 0 Å². The van der Waals surface area contributed by atoms with E-state index in [0.717, 1.165) is 12.0 Å². The van der Waals surface area contributed by atoms with Crippen molar-refractivity contribution in [2.45, 2.75) is 32.3 Å². The second-order valence-electron chi connectivity index (χ2n) is 6.51. The highest BCUT2D eigenvalue weighted by molar-refractivity contribution is 6.30. The van der Waals surface area contributed by atoms with Gasteiger partial charge in [-0.15, -0.1) is 0 Å². The maximum Gasteiger partial charge on any atom is 0.0942 e. The maximum atomic E-state index is 11.5. The Morgan fingerprint density at radius 2 is 1.65 bits per heavy atom. The number of nitrogens with two attached hydrogens (primary N) is 1. The Morgan fingerprint density at radius 3 is 2.17 bits per heavy atom. The van der Waals surface area contributed by atoms with Gasteiger partial charge in [0.1, 0.15) is 0 Å². The molecule has 23 heavy (non-hydrogen) atoms. The molecule has 2 atom stereocenters. The van der Waals surface area contributed by atoms with Gasteiger partial charge in [0.25, 0.3) is 0 Å². The van der Waals surface area contributed by atoms with Crippen LogP contribution in [-0.2, 0) is 12.0 Å². The van der Waals surface area contributed by atoms with Crippen molar-refractivity contribution in [2.24, 2.45) is 17.6 Å². The van der Waals surface area contributed by atoms with Crippen LogP contribution in [0.1, 0.15) is 31.4 Å². The number of hydrogen-bond acceptors (Lipinski definition) is 2. The molecule has 0 aromatic heterocycles. The summed E-state index contributed by atoms with van der Waals surface area (Å²) in [6.07, 6.45) is 1.35. The summed E-state index contributed by atoms with van der Waals surface area (Å²) in [6, 6.07) is 17.8. The van der Waals surface area contributed by atoms with Crippen LogP contribution < -0.4 is 5.73 Å². The molecule has 2 rings (SSSR count). The molecular weight excluding hydrogens is 306 g/mol. The van der Waals surface area contributed by atoms with Gasteiger partial charge in [0.15, 0.2) is 0 Å². The van der Waals surface area contributed by atoms with E-state index in [4.69, 9.17) is 17.3 Å². The van der Waals surface area contributed by atoms with Crippen LogP contribution in [-0.4, -0.2) is 11.7 Å². The second kappa shape index (κ2) is 7.96. The molecule has 0 unspecified atom stereocenters. The van der Waals surface area contributed by atoms with Gasteiger partial charge in [0.05, 0.1) is 5.60 Å². The van der Waals surface area contributed by atoms with E-state index in [1.165, 1.54) is 5.56 Å². The normalized spacial score (nSPS) is 15.4. The van der Waals surface area contributed by atoms with E-state index in [1.54, 1.807) is 0 Å². The molecule has 3 N–H and O–H groups in total. The fourth-order valence-corrected chi connectivity index (χ4v) is 3.45. The molecule has 0 aliphatic carbocycles. The van der Waals surface area contributed by atoms with E-state index in [0.29, 0.717) is 23.9 Å². The van der Waals surface area contributed by atoms with Gasteiger partial charge in [0.2, 0.25) is 0 Å². The van der Waals surface area contributed by atoms with Gasteiger partial charge in [-0.05, 0) is 54.5 Å². The standard InChI is InChI=1S/C20H26ClNO/c1-15(2)19(14-16-6-4-3-5-7-16)20(23,12-13-22)17-8-10-18(21)11-9-17/h3-11,15,19,23H,12-14,22H2,1-2H3/t19-,20+/m0/s1. The molecule has 0 saturated carbocycles. The summed E-state index contributed by atoms with van der Waals surface area (Å²) in [5.41, 5.74) is 6.99. The van der Waals surface area contributed by atoms with Gasteiger partial charge in [-0.3, -0.25) is 0 Å². The van der Waals surface area contributed by atoms with Crippen LogP contribution in [0.15, 0.2) is 54.6 Å². The predicted octanol–water partition coefficient (Wildman–Crippen LogP) is 4.39. The lowest BCUT2D eigenvalue weighted by Crippen LogP contribution is -2.41. The zero-order chi connectivity index (χ0) is 16.9. The van der Waals surface area contributed by atoms with Gasteiger partial charge >= 0.3 is 0 Å². The third-order valence-electron chi connectivity index (χ3n) is 4.59. The molecule has 2 aromatic rings. The minimum atomic E-state index is -0.955. The second-order valence-corrected chi connectivity index (χ2v) is 6.95.